The second-order valence-corrected chi connectivity index (χ2v) is 10.9. The average molecular weight is 589 g/mol. The van der Waals surface area contributed by atoms with Crippen molar-refractivity contribution in [3.8, 4) is 0 Å². The third kappa shape index (κ3) is 9.56. The van der Waals surface area contributed by atoms with Gasteiger partial charge in [-0.05, 0) is 35.2 Å². The summed E-state index contributed by atoms with van der Waals surface area (Å²) in [5.74, 6) is 0.187. The molecule has 0 aromatic heterocycles. The van der Waals surface area contributed by atoms with E-state index in [2.05, 4.69) is 5.32 Å². The fraction of sp³-hybridized carbons (Fsp3) is 0.310. The van der Waals surface area contributed by atoms with Crippen molar-refractivity contribution in [1.29, 1.82) is 0 Å². The molecule has 10 heteroatoms. The van der Waals surface area contributed by atoms with E-state index in [4.69, 9.17) is 23.2 Å². The van der Waals surface area contributed by atoms with Gasteiger partial charge in [-0.25, -0.2) is 0 Å². The number of nitrogens with zero attached hydrogens (tertiary/aromatic N) is 2. The molecule has 3 aromatic rings. The highest BCUT2D eigenvalue weighted by molar-refractivity contribution is 7.99. The Morgan fingerprint density at radius 2 is 1.74 bits per heavy atom. The zero-order valence-electron chi connectivity index (χ0n) is 21.6. The smallest absolute Gasteiger partial charge is 0.269 e. The van der Waals surface area contributed by atoms with Crippen LogP contribution in [0.4, 0.5) is 5.69 Å². The number of unbranched alkanes of at least 4 members (excludes halogenated alkanes) is 1. The lowest BCUT2D eigenvalue weighted by Crippen LogP contribution is -2.51. The third-order valence-corrected chi connectivity index (χ3v) is 7.67. The number of non-ortho nitro benzene ring substituents is 1. The number of hydrogen-bond donors (Lipinski definition) is 1. The molecule has 7 nitrogen and oxygen atoms in total. The summed E-state index contributed by atoms with van der Waals surface area (Å²) in [5.41, 5.74) is 2.51. The van der Waals surface area contributed by atoms with Crippen LogP contribution in [0.2, 0.25) is 10.0 Å². The van der Waals surface area contributed by atoms with Gasteiger partial charge >= 0.3 is 0 Å². The SMILES string of the molecule is CCCCNC(=O)C(Cc1ccccc1)N(Cc1ccc(Cl)cc1Cl)C(=O)CSCc1ccc([N+](=O)[O-])cc1. The number of hydrogen-bond acceptors (Lipinski definition) is 5. The molecule has 0 spiro atoms. The standard InChI is InChI=1S/C29H31Cl2N3O4S/c1-2-3-15-32-29(36)27(16-21-7-5-4-6-8-21)33(18-23-11-12-24(30)17-26(23)31)28(35)20-39-19-22-9-13-25(14-10-22)34(37)38/h4-14,17,27H,2-3,15-16,18-20H2,1H3,(H,32,36). The summed E-state index contributed by atoms with van der Waals surface area (Å²) >= 11 is 13.9. The van der Waals surface area contributed by atoms with Crippen LogP contribution >= 0.6 is 35.0 Å². The Bertz CT molecular complexity index is 1260. The lowest BCUT2D eigenvalue weighted by Gasteiger charge is -2.32. The molecule has 0 aliphatic carbocycles. The Kier molecular flexibility index (Phi) is 12.1. The van der Waals surface area contributed by atoms with Crippen LogP contribution in [0.1, 0.15) is 36.5 Å². The van der Waals surface area contributed by atoms with Crippen LogP contribution in [0.15, 0.2) is 72.8 Å². The van der Waals surface area contributed by atoms with E-state index in [0.29, 0.717) is 34.3 Å². The molecule has 0 saturated heterocycles. The van der Waals surface area contributed by atoms with Gasteiger partial charge in [-0.15, -0.1) is 11.8 Å². The maximum Gasteiger partial charge on any atom is 0.269 e. The van der Waals surface area contributed by atoms with Crippen LogP contribution < -0.4 is 5.32 Å². The molecule has 0 heterocycles. The highest BCUT2D eigenvalue weighted by Crippen LogP contribution is 2.25. The molecule has 1 unspecified atom stereocenters. The van der Waals surface area contributed by atoms with Crippen LogP contribution in [0, 0.1) is 10.1 Å². The van der Waals surface area contributed by atoms with Crippen LogP contribution in [0.25, 0.3) is 0 Å². The highest BCUT2D eigenvalue weighted by Gasteiger charge is 2.30. The van der Waals surface area contributed by atoms with Crippen molar-refractivity contribution in [3.63, 3.8) is 0 Å². The van der Waals surface area contributed by atoms with Crippen LogP contribution in [0.3, 0.4) is 0 Å². The number of benzene rings is 3. The molecule has 1 atom stereocenters. The molecule has 0 aliphatic heterocycles. The summed E-state index contributed by atoms with van der Waals surface area (Å²) in [6.07, 6.45) is 2.13. The van der Waals surface area contributed by atoms with Crippen LogP contribution in [-0.2, 0) is 28.3 Å². The molecule has 3 aromatic carbocycles. The molecule has 39 heavy (non-hydrogen) atoms. The first-order valence-corrected chi connectivity index (χ1v) is 14.6. The normalized spacial score (nSPS) is 11.6. The van der Waals surface area contributed by atoms with Gasteiger partial charge in [0.05, 0.1) is 10.7 Å². The first kappa shape index (κ1) is 30.5. The van der Waals surface area contributed by atoms with E-state index in [1.807, 2.05) is 37.3 Å². The number of amides is 2. The lowest BCUT2D eigenvalue weighted by molar-refractivity contribution is -0.384. The van der Waals surface area contributed by atoms with Crippen molar-refractivity contribution in [3.05, 3.63) is 110 Å². The fourth-order valence-corrected chi connectivity index (χ4v) is 5.29. The molecule has 0 radical (unpaired) electrons. The number of carbonyl (C=O) groups excluding carboxylic acids is 2. The molecular formula is C29H31Cl2N3O4S. The van der Waals surface area contributed by atoms with Gasteiger partial charge in [0, 0.05) is 47.4 Å². The van der Waals surface area contributed by atoms with Gasteiger partial charge in [0.2, 0.25) is 11.8 Å². The van der Waals surface area contributed by atoms with E-state index in [1.54, 1.807) is 35.2 Å². The minimum Gasteiger partial charge on any atom is -0.354 e. The Balaban J connectivity index is 1.84. The second-order valence-electron chi connectivity index (χ2n) is 9.02. The van der Waals surface area contributed by atoms with E-state index in [9.17, 15) is 19.7 Å². The molecule has 0 aliphatic rings. The summed E-state index contributed by atoms with van der Waals surface area (Å²) in [5, 5.41) is 14.8. The lowest BCUT2D eigenvalue weighted by atomic mass is 10.0. The maximum atomic E-state index is 13.7. The summed E-state index contributed by atoms with van der Waals surface area (Å²) in [6.45, 7) is 2.72. The number of nitro groups is 1. The average Bonchev–Trinajstić information content (AvgIpc) is 2.92. The molecule has 2 amide bonds. The van der Waals surface area contributed by atoms with Gasteiger partial charge in [-0.1, -0.05) is 85.1 Å². The molecule has 3 rings (SSSR count). The largest absolute Gasteiger partial charge is 0.354 e. The topological polar surface area (TPSA) is 92.6 Å². The van der Waals surface area contributed by atoms with Gasteiger partial charge < -0.3 is 10.2 Å². The van der Waals surface area contributed by atoms with Crippen LogP contribution in [0.5, 0.6) is 0 Å². The van der Waals surface area contributed by atoms with E-state index in [0.717, 1.165) is 24.0 Å². The molecule has 0 bridgehead atoms. The Labute approximate surface area is 243 Å². The zero-order chi connectivity index (χ0) is 28.2. The maximum absolute atomic E-state index is 13.7. The van der Waals surface area contributed by atoms with Crippen molar-refractivity contribution < 1.29 is 14.5 Å². The van der Waals surface area contributed by atoms with Gasteiger partial charge in [0.15, 0.2) is 0 Å². The molecule has 1 N–H and O–H groups in total. The second kappa shape index (κ2) is 15.5. The Morgan fingerprint density at radius 1 is 1.03 bits per heavy atom. The quantitative estimate of drug-likeness (QED) is 0.129. The van der Waals surface area contributed by atoms with E-state index < -0.39 is 11.0 Å². The van der Waals surface area contributed by atoms with Crippen LogP contribution in [-0.4, -0.2) is 40.0 Å². The molecular weight excluding hydrogens is 557 g/mol. The van der Waals surface area contributed by atoms with Gasteiger partial charge in [-0.3, -0.25) is 19.7 Å². The third-order valence-electron chi connectivity index (χ3n) is 6.10. The molecule has 0 fully saturated rings. The predicted octanol–water partition coefficient (Wildman–Crippen LogP) is 6.69. The van der Waals surface area contributed by atoms with E-state index >= 15 is 0 Å². The first-order chi connectivity index (χ1) is 18.8. The number of nitro benzene ring substituents is 1. The van der Waals surface area contributed by atoms with E-state index in [1.165, 1.54) is 23.9 Å². The van der Waals surface area contributed by atoms with Gasteiger partial charge in [0.1, 0.15) is 6.04 Å². The minimum absolute atomic E-state index is 0.0173. The fourth-order valence-electron chi connectivity index (χ4n) is 3.95. The van der Waals surface area contributed by atoms with Crippen molar-refractivity contribution in [2.75, 3.05) is 12.3 Å². The zero-order valence-corrected chi connectivity index (χ0v) is 24.0. The summed E-state index contributed by atoms with van der Waals surface area (Å²) in [6, 6.07) is 20.2. The molecule has 0 saturated carbocycles. The Hall–Kier alpha value is -3.07. The Morgan fingerprint density at radius 3 is 2.38 bits per heavy atom. The number of thioether (sulfide) groups is 1. The number of nitrogens with one attached hydrogen (secondary N) is 1. The van der Waals surface area contributed by atoms with E-state index in [-0.39, 0.29) is 29.8 Å². The van der Waals surface area contributed by atoms with Crippen molar-refractivity contribution >= 4 is 52.5 Å². The van der Waals surface area contributed by atoms with Crippen molar-refractivity contribution in [2.45, 2.75) is 44.5 Å². The van der Waals surface area contributed by atoms with Crippen molar-refractivity contribution in [1.82, 2.24) is 10.2 Å². The van der Waals surface area contributed by atoms with Crippen molar-refractivity contribution in [2.24, 2.45) is 0 Å². The molecule has 206 valence electrons. The minimum atomic E-state index is -0.747. The number of rotatable bonds is 14. The summed E-state index contributed by atoms with van der Waals surface area (Å²) < 4.78 is 0. The number of carbonyl (C=O) groups is 2. The number of halogens is 2. The predicted molar refractivity (Wildman–Crippen MR) is 158 cm³/mol. The highest BCUT2D eigenvalue weighted by atomic mass is 35.5. The first-order valence-electron chi connectivity index (χ1n) is 12.6. The monoisotopic (exact) mass is 587 g/mol. The van der Waals surface area contributed by atoms with Gasteiger partial charge in [0.25, 0.3) is 5.69 Å². The summed E-state index contributed by atoms with van der Waals surface area (Å²) in [7, 11) is 0. The summed E-state index contributed by atoms with van der Waals surface area (Å²) in [4.78, 5) is 39.2. The van der Waals surface area contributed by atoms with Gasteiger partial charge in [-0.2, -0.15) is 0 Å².